The molecule has 21 heavy (non-hydrogen) atoms. The van der Waals surface area contributed by atoms with Crippen molar-refractivity contribution in [3.8, 4) is 0 Å². The zero-order chi connectivity index (χ0) is 15.4. The average molecular weight is 319 g/mol. The maximum atomic E-state index is 12.2. The van der Waals surface area contributed by atoms with E-state index in [4.69, 9.17) is 17.3 Å². The summed E-state index contributed by atoms with van der Waals surface area (Å²) in [6, 6.07) is 8.71. The van der Waals surface area contributed by atoms with Crippen LogP contribution in [0.2, 0.25) is 0 Å². The molecule has 0 spiro atoms. The molecule has 1 saturated heterocycles. The smallest absolute Gasteiger partial charge is 0.326 e. The Morgan fingerprint density at radius 3 is 2.67 bits per heavy atom. The molecule has 1 atom stereocenters. The Morgan fingerprint density at radius 2 is 2.05 bits per heavy atom. The van der Waals surface area contributed by atoms with Crippen LogP contribution in [0, 0.1) is 0 Å². The zero-order valence-corrected chi connectivity index (χ0v) is 12.9. The SMILES string of the molecule is CC(C(=O)O)N1C(=O)/C(=C\C=C/c2ccccc2)SC1=S. The van der Waals surface area contributed by atoms with Crippen LogP contribution in [0.1, 0.15) is 12.5 Å². The van der Waals surface area contributed by atoms with Gasteiger partial charge in [-0.05, 0) is 18.6 Å². The van der Waals surface area contributed by atoms with Crippen molar-refractivity contribution in [2.45, 2.75) is 13.0 Å². The van der Waals surface area contributed by atoms with Crippen LogP contribution in [0.15, 0.2) is 47.4 Å². The molecule has 1 heterocycles. The Labute approximate surface area is 132 Å². The van der Waals surface area contributed by atoms with Crippen LogP contribution in [0.4, 0.5) is 0 Å². The fourth-order valence-corrected chi connectivity index (χ4v) is 3.12. The minimum Gasteiger partial charge on any atom is -0.480 e. The number of carbonyl (C=O) groups is 2. The van der Waals surface area contributed by atoms with Crippen LogP contribution in [0.3, 0.4) is 0 Å². The first-order valence-electron chi connectivity index (χ1n) is 6.22. The summed E-state index contributed by atoms with van der Waals surface area (Å²) in [5.41, 5.74) is 1.02. The van der Waals surface area contributed by atoms with Gasteiger partial charge in [0.05, 0.1) is 4.91 Å². The Balaban J connectivity index is 2.14. The Kier molecular flexibility index (Phi) is 4.93. The molecule has 1 aromatic rings. The highest BCUT2D eigenvalue weighted by Gasteiger charge is 2.37. The summed E-state index contributed by atoms with van der Waals surface area (Å²) >= 11 is 6.19. The number of aliphatic carboxylic acids is 1. The van der Waals surface area contributed by atoms with E-state index in [0.29, 0.717) is 4.91 Å². The number of rotatable bonds is 4. The molecule has 1 amide bonds. The highest BCUT2D eigenvalue weighted by atomic mass is 32.2. The van der Waals surface area contributed by atoms with E-state index in [1.807, 2.05) is 36.4 Å². The molecule has 1 unspecified atom stereocenters. The number of carbonyl (C=O) groups excluding carboxylic acids is 1. The van der Waals surface area contributed by atoms with Gasteiger partial charge in [0.1, 0.15) is 10.4 Å². The average Bonchev–Trinajstić information content (AvgIpc) is 2.74. The molecule has 1 aromatic carbocycles. The molecular formula is C15H13NO3S2. The number of carboxylic acid groups (broad SMARTS) is 1. The number of amides is 1. The van der Waals surface area contributed by atoms with E-state index < -0.39 is 12.0 Å². The number of hydrogen-bond acceptors (Lipinski definition) is 4. The van der Waals surface area contributed by atoms with Gasteiger partial charge in [-0.1, -0.05) is 66.5 Å². The highest BCUT2D eigenvalue weighted by Crippen LogP contribution is 2.32. The fourth-order valence-electron chi connectivity index (χ4n) is 1.75. The van der Waals surface area contributed by atoms with Crippen molar-refractivity contribution in [3.05, 3.63) is 53.0 Å². The van der Waals surface area contributed by atoms with Crippen molar-refractivity contribution in [2.75, 3.05) is 0 Å². The van der Waals surface area contributed by atoms with Crippen molar-refractivity contribution in [2.24, 2.45) is 0 Å². The third-order valence-corrected chi connectivity index (χ3v) is 4.25. The molecule has 0 aliphatic carbocycles. The number of allylic oxidation sites excluding steroid dienone is 2. The Hall–Kier alpha value is -1.92. The van der Waals surface area contributed by atoms with Gasteiger partial charge in [-0.3, -0.25) is 9.69 Å². The molecule has 1 aliphatic rings. The van der Waals surface area contributed by atoms with Crippen LogP contribution in [-0.4, -0.2) is 32.2 Å². The molecule has 0 bridgehead atoms. The lowest BCUT2D eigenvalue weighted by Crippen LogP contribution is -2.41. The summed E-state index contributed by atoms with van der Waals surface area (Å²) in [5.74, 6) is -1.44. The monoisotopic (exact) mass is 319 g/mol. The van der Waals surface area contributed by atoms with Gasteiger partial charge < -0.3 is 5.11 Å². The number of carboxylic acids is 1. The van der Waals surface area contributed by atoms with Crippen molar-refractivity contribution in [1.82, 2.24) is 4.90 Å². The zero-order valence-electron chi connectivity index (χ0n) is 11.2. The quantitative estimate of drug-likeness (QED) is 0.683. The van der Waals surface area contributed by atoms with Crippen molar-refractivity contribution >= 4 is 46.3 Å². The Bertz CT molecular complexity index is 638. The second-order valence-electron chi connectivity index (χ2n) is 4.36. The highest BCUT2D eigenvalue weighted by molar-refractivity contribution is 8.26. The third kappa shape index (κ3) is 3.59. The summed E-state index contributed by atoms with van der Waals surface area (Å²) in [6.07, 6.45) is 5.28. The van der Waals surface area contributed by atoms with Crippen LogP contribution in [0.25, 0.3) is 6.08 Å². The molecule has 108 valence electrons. The fraction of sp³-hybridized carbons (Fsp3) is 0.133. The lowest BCUT2D eigenvalue weighted by molar-refractivity contribution is -0.144. The lowest BCUT2D eigenvalue weighted by atomic mass is 10.2. The summed E-state index contributed by atoms with van der Waals surface area (Å²) in [5, 5.41) is 8.99. The first-order valence-corrected chi connectivity index (χ1v) is 7.45. The normalized spacial score (nSPS) is 18.7. The molecule has 1 aliphatic heterocycles. The van der Waals surface area contributed by atoms with Crippen LogP contribution < -0.4 is 0 Å². The van der Waals surface area contributed by atoms with Gasteiger partial charge in [0.15, 0.2) is 0 Å². The van der Waals surface area contributed by atoms with Crippen molar-refractivity contribution in [1.29, 1.82) is 0 Å². The van der Waals surface area contributed by atoms with E-state index in [2.05, 4.69) is 0 Å². The lowest BCUT2D eigenvalue weighted by Gasteiger charge is -2.18. The van der Waals surface area contributed by atoms with Gasteiger partial charge in [0, 0.05) is 0 Å². The minimum atomic E-state index is -1.08. The van der Waals surface area contributed by atoms with Gasteiger partial charge in [-0.25, -0.2) is 4.79 Å². The summed E-state index contributed by atoms with van der Waals surface area (Å²) in [7, 11) is 0. The van der Waals surface area contributed by atoms with E-state index in [1.54, 1.807) is 12.2 Å². The van der Waals surface area contributed by atoms with E-state index in [9.17, 15) is 9.59 Å². The van der Waals surface area contributed by atoms with Crippen LogP contribution in [-0.2, 0) is 9.59 Å². The predicted octanol–water partition coefficient (Wildman–Crippen LogP) is 2.92. The predicted molar refractivity (Wildman–Crippen MR) is 87.7 cm³/mol. The summed E-state index contributed by atoms with van der Waals surface area (Å²) in [6.45, 7) is 1.44. The van der Waals surface area contributed by atoms with Gasteiger partial charge in [0.2, 0.25) is 0 Å². The molecular weight excluding hydrogens is 306 g/mol. The van der Waals surface area contributed by atoms with Gasteiger partial charge >= 0.3 is 5.97 Å². The largest absolute Gasteiger partial charge is 0.480 e. The van der Waals surface area contributed by atoms with Crippen molar-refractivity contribution in [3.63, 3.8) is 0 Å². The molecule has 1 fully saturated rings. The van der Waals surface area contributed by atoms with Crippen LogP contribution >= 0.6 is 24.0 Å². The van der Waals surface area contributed by atoms with Crippen molar-refractivity contribution < 1.29 is 14.7 Å². The van der Waals surface area contributed by atoms with Gasteiger partial charge in [-0.2, -0.15) is 0 Å². The number of thioether (sulfide) groups is 1. The molecule has 0 aromatic heterocycles. The van der Waals surface area contributed by atoms with E-state index >= 15 is 0 Å². The number of hydrogen-bond donors (Lipinski definition) is 1. The first-order chi connectivity index (χ1) is 10.0. The number of nitrogens with zero attached hydrogens (tertiary/aromatic N) is 1. The number of benzene rings is 1. The molecule has 0 saturated carbocycles. The second-order valence-corrected chi connectivity index (χ2v) is 6.03. The molecule has 2 rings (SSSR count). The van der Waals surface area contributed by atoms with E-state index in [-0.39, 0.29) is 10.2 Å². The summed E-state index contributed by atoms with van der Waals surface area (Å²) in [4.78, 5) is 24.7. The second kappa shape index (κ2) is 6.69. The number of thiocarbonyl (C=S) groups is 1. The van der Waals surface area contributed by atoms with E-state index in [0.717, 1.165) is 22.2 Å². The summed E-state index contributed by atoms with van der Waals surface area (Å²) < 4.78 is 0.272. The van der Waals surface area contributed by atoms with E-state index in [1.165, 1.54) is 6.92 Å². The maximum absolute atomic E-state index is 12.2. The molecule has 1 N–H and O–H groups in total. The molecule has 6 heteroatoms. The molecule has 4 nitrogen and oxygen atoms in total. The van der Waals surface area contributed by atoms with Gasteiger partial charge in [-0.15, -0.1) is 0 Å². The third-order valence-electron chi connectivity index (χ3n) is 2.90. The Morgan fingerprint density at radius 1 is 1.38 bits per heavy atom. The van der Waals surface area contributed by atoms with Gasteiger partial charge in [0.25, 0.3) is 5.91 Å². The first kappa shape index (κ1) is 15.5. The minimum absolute atomic E-state index is 0.272. The standard InChI is InChI=1S/C15H13NO3S2/c1-10(14(18)19)16-13(17)12(21-15(16)20)9-5-8-11-6-3-2-4-7-11/h2-10H,1H3,(H,18,19)/b8-5-,12-9+. The molecule has 0 radical (unpaired) electrons. The van der Waals surface area contributed by atoms with Crippen LogP contribution in [0.5, 0.6) is 0 Å². The maximum Gasteiger partial charge on any atom is 0.326 e. The topological polar surface area (TPSA) is 57.6 Å².